The molecule has 0 saturated carbocycles. The molecule has 3 rings (SSSR count). The lowest BCUT2D eigenvalue weighted by Crippen LogP contribution is -2.04. The molecule has 0 saturated heterocycles. The van der Waals surface area contributed by atoms with Gasteiger partial charge in [0, 0.05) is 17.1 Å². The quantitative estimate of drug-likeness (QED) is 0.769. The smallest absolute Gasteiger partial charge is 0.0702 e. The number of rotatable bonds is 4. The fraction of sp³-hybridized carbons (Fsp3) is 0.211. The molecule has 2 N–H and O–H groups in total. The summed E-state index contributed by atoms with van der Waals surface area (Å²) < 4.78 is 0. The number of aromatic nitrogens is 1. The van der Waals surface area contributed by atoms with E-state index >= 15 is 0 Å². The van der Waals surface area contributed by atoms with Crippen LogP contribution in [0.5, 0.6) is 0 Å². The number of fused-ring (bicyclic) bond motifs is 1. The van der Waals surface area contributed by atoms with Crippen molar-refractivity contribution in [3.8, 4) is 11.1 Å². The number of nitrogens with zero attached hydrogens (tertiary/aromatic N) is 1. The molecule has 2 nitrogen and oxygen atoms in total. The zero-order valence-corrected chi connectivity index (χ0v) is 12.3. The van der Waals surface area contributed by atoms with Gasteiger partial charge in [0.25, 0.3) is 0 Å². The second-order valence-corrected chi connectivity index (χ2v) is 5.52. The summed E-state index contributed by atoms with van der Waals surface area (Å²) in [5, 5.41) is 1.18. The summed E-state index contributed by atoms with van der Waals surface area (Å²) in [6, 6.07) is 19.1. The van der Waals surface area contributed by atoms with Gasteiger partial charge in [-0.05, 0) is 42.1 Å². The largest absolute Gasteiger partial charge is 0.330 e. The van der Waals surface area contributed by atoms with Crippen LogP contribution in [0.15, 0.2) is 60.8 Å². The van der Waals surface area contributed by atoms with E-state index in [-0.39, 0.29) is 0 Å². The molecule has 0 bridgehead atoms. The molecule has 0 spiro atoms. The number of hydrogen-bond donors (Lipinski definition) is 1. The lowest BCUT2D eigenvalue weighted by Gasteiger charge is -2.12. The monoisotopic (exact) mass is 276 g/mol. The van der Waals surface area contributed by atoms with Gasteiger partial charge in [-0.25, -0.2) is 0 Å². The van der Waals surface area contributed by atoms with Gasteiger partial charge in [0.2, 0.25) is 0 Å². The van der Waals surface area contributed by atoms with Crippen LogP contribution >= 0.6 is 0 Å². The maximum atomic E-state index is 5.67. The van der Waals surface area contributed by atoms with Crippen LogP contribution in [-0.4, -0.2) is 11.5 Å². The number of para-hydroxylation sites is 1. The Morgan fingerprint density at radius 1 is 1.00 bits per heavy atom. The van der Waals surface area contributed by atoms with Crippen LogP contribution in [0.4, 0.5) is 0 Å². The number of benzene rings is 2. The van der Waals surface area contributed by atoms with E-state index in [9.17, 15) is 0 Å². The van der Waals surface area contributed by atoms with E-state index in [1.54, 1.807) is 0 Å². The Morgan fingerprint density at radius 3 is 2.71 bits per heavy atom. The standard InChI is InChI=1S/C19H20N2/c1-14(9-10-20)15-6-4-7-16(11-15)18-12-17-5-2-3-8-19(17)21-13-18/h2-8,11-14H,9-10,20H2,1H3. The summed E-state index contributed by atoms with van der Waals surface area (Å²) in [5.41, 5.74) is 10.4. The summed E-state index contributed by atoms with van der Waals surface area (Å²) in [7, 11) is 0. The van der Waals surface area contributed by atoms with Gasteiger partial charge in [0.15, 0.2) is 0 Å². The van der Waals surface area contributed by atoms with Crippen LogP contribution in [0.2, 0.25) is 0 Å². The second-order valence-electron chi connectivity index (χ2n) is 5.52. The van der Waals surface area contributed by atoms with Crippen molar-refractivity contribution < 1.29 is 0 Å². The molecule has 3 aromatic rings. The van der Waals surface area contributed by atoms with Gasteiger partial charge in [-0.15, -0.1) is 0 Å². The second kappa shape index (κ2) is 6.06. The van der Waals surface area contributed by atoms with Crippen LogP contribution in [-0.2, 0) is 0 Å². The summed E-state index contributed by atoms with van der Waals surface area (Å²) in [4.78, 5) is 4.55. The van der Waals surface area contributed by atoms with Crippen molar-refractivity contribution >= 4 is 10.9 Å². The third kappa shape index (κ3) is 2.96. The lowest BCUT2D eigenvalue weighted by molar-refractivity contribution is 0.690. The van der Waals surface area contributed by atoms with E-state index in [1.807, 2.05) is 24.4 Å². The fourth-order valence-corrected chi connectivity index (χ4v) is 2.67. The highest BCUT2D eigenvalue weighted by Crippen LogP contribution is 2.27. The van der Waals surface area contributed by atoms with Gasteiger partial charge in [-0.1, -0.05) is 49.4 Å². The molecule has 0 fully saturated rings. The molecule has 1 atom stereocenters. The molecule has 0 aliphatic heterocycles. The van der Waals surface area contributed by atoms with Gasteiger partial charge >= 0.3 is 0 Å². The summed E-state index contributed by atoms with van der Waals surface area (Å²) in [5.74, 6) is 0.489. The highest BCUT2D eigenvalue weighted by molar-refractivity contribution is 5.83. The van der Waals surface area contributed by atoms with Crippen molar-refractivity contribution in [1.29, 1.82) is 0 Å². The molecule has 2 heteroatoms. The van der Waals surface area contributed by atoms with Crippen LogP contribution < -0.4 is 5.73 Å². The summed E-state index contributed by atoms with van der Waals surface area (Å²) in [6.45, 7) is 2.95. The van der Waals surface area contributed by atoms with Crippen LogP contribution in [0.3, 0.4) is 0 Å². The van der Waals surface area contributed by atoms with Crippen molar-refractivity contribution in [3.05, 3.63) is 66.4 Å². The Morgan fingerprint density at radius 2 is 1.86 bits per heavy atom. The minimum atomic E-state index is 0.489. The molecule has 2 aromatic carbocycles. The van der Waals surface area contributed by atoms with Gasteiger partial charge in [0.1, 0.15) is 0 Å². The first-order valence-electron chi connectivity index (χ1n) is 7.43. The molecule has 1 aromatic heterocycles. The zero-order chi connectivity index (χ0) is 14.7. The maximum Gasteiger partial charge on any atom is 0.0702 e. The molecule has 21 heavy (non-hydrogen) atoms. The van der Waals surface area contributed by atoms with Crippen molar-refractivity contribution in [1.82, 2.24) is 4.98 Å². The SMILES string of the molecule is CC(CCN)c1cccc(-c2cnc3ccccc3c2)c1. The average molecular weight is 276 g/mol. The van der Waals surface area contributed by atoms with Crippen molar-refractivity contribution in [2.75, 3.05) is 6.54 Å². The Kier molecular flexibility index (Phi) is 3.98. The van der Waals surface area contributed by atoms with Crippen LogP contribution in [0.1, 0.15) is 24.8 Å². The van der Waals surface area contributed by atoms with E-state index in [0.717, 1.165) is 24.0 Å². The fourth-order valence-electron chi connectivity index (χ4n) is 2.67. The Labute approximate surface area is 125 Å². The van der Waals surface area contributed by atoms with Crippen LogP contribution in [0, 0.1) is 0 Å². The minimum Gasteiger partial charge on any atom is -0.330 e. The molecule has 106 valence electrons. The first kappa shape index (κ1) is 13.8. The number of nitrogens with two attached hydrogens (primary N) is 1. The molecule has 0 amide bonds. The van der Waals surface area contributed by atoms with E-state index in [4.69, 9.17) is 5.73 Å². The molecule has 1 heterocycles. The molecule has 0 aliphatic rings. The topological polar surface area (TPSA) is 38.9 Å². The van der Waals surface area contributed by atoms with Crippen LogP contribution in [0.25, 0.3) is 22.0 Å². The first-order valence-corrected chi connectivity index (χ1v) is 7.43. The Bertz CT molecular complexity index is 749. The van der Waals surface area contributed by atoms with E-state index in [0.29, 0.717) is 5.92 Å². The van der Waals surface area contributed by atoms with Gasteiger partial charge in [-0.3, -0.25) is 4.98 Å². The van der Waals surface area contributed by atoms with E-state index in [1.165, 1.54) is 16.5 Å². The molecular weight excluding hydrogens is 256 g/mol. The zero-order valence-electron chi connectivity index (χ0n) is 12.3. The highest BCUT2D eigenvalue weighted by atomic mass is 14.6. The first-order chi connectivity index (χ1) is 10.3. The van der Waals surface area contributed by atoms with Gasteiger partial charge in [-0.2, -0.15) is 0 Å². The maximum absolute atomic E-state index is 5.67. The molecule has 1 unspecified atom stereocenters. The van der Waals surface area contributed by atoms with Crippen molar-refractivity contribution in [2.45, 2.75) is 19.3 Å². The third-order valence-corrected chi connectivity index (χ3v) is 3.98. The number of pyridine rings is 1. The van der Waals surface area contributed by atoms with E-state index in [2.05, 4.69) is 48.3 Å². The minimum absolute atomic E-state index is 0.489. The third-order valence-electron chi connectivity index (χ3n) is 3.98. The summed E-state index contributed by atoms with van der Waals surface area (Å²) >= 11 is 0. The van der Waals surface area contributed by atoms with Crippen molar-refractivity contribution in [3.63, 3.8) is 0 Å². The predicted octanol–water partition coefficient (Wildman–Crippen LogP) is 4.35. The lowest BCUT2D eigenvalue weighted by atomic mass is 9.94. The van der Waals surface area contributed by atoms with Gasteiger partial charge < -0.3 is 5.73 Å². The molecule has 0 radical (unpaired) electrons. The number of hydrogen-bond acceptors (Lipinski definition) is 2. The average Bonchev–Trinajstić information content (AvgIpc) is 2.55. The molecular formula is C19H20N2. The highest BCUT2D eigenvalue weighted by Gasteiger charge is 2.07. The Balaban J connectivity index is 2.00. The molecule has 0 aliphatic carbocycles. The van der Waals surface area contributed by atoms with E-state index < -0.39 is 0 Å². The van der Waals surface area contributed by atoms with Crippen molar-refractivity contribution in [2.24, 2.45) is 5.73 Å². The normalized spacial score (nSPS) is 12.5. The summed E-state index contributed by atoms with van der Waals surface area (Å²) in [6.07, 6.45) is 2.97. The predicted molar refractivity (Wildman–Crippen MR) is 89.3 cm³/mol. The Hall–Kier alpha value is -2.19. The van der Waals surface area contributed by atoms with Gasteiger partial charge in [0.05, 0.1) is 5.52 Å².